The molecule has 6 atom stereocenters. The first-order chi connectivity index (χ1) is 26.8. The Morgan fingerprint density at radius 3 is 1.95 bits per heavy atom. The number of aromatic nitrogens is 2. The summed E-state index contributed by atoms with van der Waals surface area (Å²) in [7, 11) is 1.44. The molecule has 2 fully saturated rings. The number of methoxy groups -OCH3 is 1. The predicted molar refractivity (Wildman–Crippen MR) is 211 cm³/mol. The standard InChI is InChI=1S/C25H33ClFN3O6.C15H16ClFN2O2/c1-13(34-6)21(29-24(33)36-25(3,4)5)23(32)30-10-9-20(35-14(2)31)19(30)12-17-16-8-7-15(27)11-18(16)28-22(17)26;1-8(20)21-14-4-5-18-13(14)7-11-10-3-2-9(17)6-12(10)19-15(11)16/h7-8,11,13,19-21,28H,9-10,12H2,1-6H3,(H,29,33);2-3,6,13-14,18-19H,4-5,7H2,1H3/t13-,19-,20+,21+;13-,14+/m11/s1. The minimum absolute atomic E-state index is 0.0236. The SMILES string of the molecule is CC(=O)O[C@H]1CCN[C@@H]1Cc1c(Cl)[nH]c2cc(F)ccc12.CO[C@H](C)[C@H](NC(=O)OC(C)(C)C)C(=O)N1CC[C@H](OC(C)=O)[C@H]1Cc1c(Cl)[nH]c2cc(F)ccc12. The van der Waals surface area contributed by atoms with E-state index in [1.165, 1.54) is 45.2 Å². The maximum absolute atomic E-state index is 13.8. The van der Waals surface area contributed by atoms with E-state index in [1.807, 2.05) is 0 Å². The molecule has 2 amide bonds. The van der Waals surface area contributed by atoms with Crippen molar-refractivity contribution in [1.29, 1.82) is 0 Å². The van der Waals surface area contributed by atoms with Crippen LogP contribution in [0.15, 0.2) is 36.4 Å². The van der Waals surface area contributed by atoms with Crippen molar-refractivity contribution in [3.05, 3.63) is 69.5 Å². The van der Waals surface area contributed by atoms with Gasteiger partial charge in [-0.15, -0.1) is 0 Å². The fourth-order valence-corrected chi connectivity index (χ4v) is 7.90. The van der Waals surface area contributed by atoms with Gasteiger partial charge in [-0.1, -0.05) is 23.2 Å². The fourth-order valence-electron chi connectivity index (χ4n) is 7.34. The van der Waals surface area contributed by atoms with Gasteiger partial charge in [-0.05, 0) is 94.6 Å². The highest BCUT2D eigenvalue weighted by Crippen LogP contribution is 2.34. The number of amides is 2. The van der Waals surface area contributed by atoms with Crippen molar-refractivity contribution in [1.82, 2.24) is 25.5 Å². The molecule has 310 valence electrons. The third-order valence-electron chi connectivity index (χ3n) is 9.93. The third-order valence-corrected chi connectivity index (χ3v) is 10.6. The summed E-state index contributed by atoms with van der Waals surface area (Å²) in [6, 6.07) is 7.26. The number of carbonyl (C=O) groups is 4. The molecule has 17 heteroatoms. The van der Waals surface area contributed by atoms with E-state index in [2.05, 4.69) is 20.6 Å². The van der Waals surface area contributed by atoms with Crippen LogP contribution < -0.4 is 10.6 Å². The van der Waals surface area contributed by atoms with Crippen molar-refractivity contribution in [2.75, 3.05) is 20.2 Å². The summed E-state index contributed by atoms with van der Waals surface area (Å²) in [5, 5.41) is 8.37. The number of H-pyrrole nitrogens is 2. The molecule has 0 saturated carbocycles. The van der Waals surface area contributed by atoms with Crippen LogP contribution >= 0.6 is 23.2 Å². The summed E-state index contributed by atoms with van der Waals surface area (Å²) in [6.45, 7) is 10.6. The summed E-state index contributed by atoms with van der Waals surface area (Å²) in [4.78, 5) is 56.7. The minimum Gasteiger partial charge on any atom is -0.461 e. The smallest absolute Gasteiger partial charge is 0.408 e. The first-order valence-corrected chi connectivity index (χ1v) is 19.4. The number of nitrogens with zero attached hydrogens (tertiary/aromatic N) is 1. The Balaban J connectivity index is 0.000000249. The summed E-state index contributed by atoms with van der Waals surface area (Å²) in [5.41, 5.74) is 2.04. The molecule has 13 nitrogen and oxygen atoms in total. The largest absolute Gasteiger partial charge is 0.461 e. The molecule has 0 aliphatic carbocycles. The zero-order valence-electron chi connectivity index (χ0n) is 32.9. The number of hydrogen-bond donors (Lipinski definition) is 4. The molecule has 4 heterocycles. The molecule has 6 rings (SSSR count). The average molecular weight is 837 g/mol. The molecular formula is C40H49Cl2F2N5O8. The second-order valence-electron chi connectivity index (χ2n) is 15.2. The van der Waals surface area contributed by atoms with Crippen molar-refractivity contribution < 1.29 is 46.9 Å². The van der Waals surface area contributed by atoms with E-state index >= 15 is 0 Å². The molecular weight excluding hydrogens is 787 g/mol. The summed E-state index contributed by atoms with van der Waals surface area (Å²) in [6.07, 6.45) is -0.0881. The molecule has 0 spiro atoms. The number of esters is 2. The lowest BCUT2D eigenvalue weighted by atomic mass is 10.00. The number of rotatable bonds is 10. The number of alkyl carbamates (subject to hydrolysis) is 1. The normalized spacial score (nSPS) is 20.5. The predicted octanol–water partition coefficient (Wildman–Crippen LogP) is 6.76. The Morgan fingerprint density at radius 2 is 1.42 bits per heavy atom. The van der Waals surface area contributed by atoms with Gasteiger partial charge in [0.25, 0.3) is 0 Å². The molecule has 57 heavy (non-hydrogen) atoms. The number of likely N-dealkylation sites (tertiary alicyclic amines) is 1. The second-order valence-corrected chi connectivity index (χ2v) is 16.0. The maximum Gasteiger partial charge on any atom is 0.408 e. The van der Waals surface area contributed by atoms with E-state index in [1.54, 1.807) is 44.7 Å². The molecule has 0 radical (unpaired) electrons. The first-order valence-electron chi connectivity index (χ1n) is 18.7. The van der Waals surface area contributed by atoms with Crippen molar-refractivity contribution in [3.8, 4) is 0 Å². The number of halogens is 4. The van der Waals surface area contributed by atoms with Crippen molar-refractivity contribution in [3.63, 3.8) is 0 Å². The third kappa shape index (κ3) is 10.9. The van der Waals surface area contributed by atoms with Crippen LogP contribution in [0.1, 0.15) is 65.5 Å². The highest BCUT2D eigenvalue weighted by molar-refractivity contribution is 6.32. The zero-order chi connectivity index (χ0) is 41.8. The Bertz CT molecular complexity index is 2100. The van der Waals surface area contributed by atoms with E-state index in [-0.39, 0.29) is 30.4 Å². The molecule has 2 aromatic heterocycles. The van der Waals surface area contributed by atoms with Crippen LogP contribution in [0.3, 0.4) is 0 Å². The van der Waals surface area contributed by atoms with Gasteiger partial charge in [0.15, 0.2) is 0 Å². The van der Waals surface area contributed by atoms with Gasteiger partial charge in [-0.25, -0.2) is 13.6 Å². The Labute approximate surface area is 339 Å². The van der Waals surface area contributed by atoms with Crippen LogP contribution in [0, 0.1) is 11.6 Å². The molecule has 2 aliphatic heterocycles. The van der Waals surface area contributed by atoms with Gasteiger partial charge in [-0.2, -0.15) is 0 Å². The average Bonchev–Trinajstić information content (AvgIpc) is 3.87. The number of hydrogen-bond acceptors (Lipinski definition) is 9. The van der Waals surface area contributed by atoms with Gasteiger partial charge in [0.05, 0.1) is 12.1 Å². The molecule has 0 bridgehead atoms. The maximum atomic E-state index is 13.8. The van der Waals surface area contributed by atoms with E-state index in [0.29, 0.717) is 51.7 Å². The topological polar surface area (TPSA) is 164 Å². The van der Waals surface area contributed by atoms with E-state index in [0.717, 1.165) is 23.9 Å². The number of aromatic amines is 2. The quantitative estimate of drug-likeness (QED) is 0.0999. The lowest BCUT2D eigenvalue weighted by Gasteiger charge is -2.33. The van der Waals surface area contributed by atoms with Crippen LogP contribution in [0.2, 0.25) is 10.3 Å². The lowest BCUT2D eigenvalue weighted by molar-refractivity contribution is -0.150. The molecule has 2 aliphatic rings. The van der Waals surface area contributed by atoms with Crippen molar-refractivity contribution >= 4 is 68.9 Å². The van der Waals surface area contributed by atoms with Crippen molar-refractivity contribution in [2.45, 2.75) is 109 Å². The van der Waals surface area contributed by atoms with Gasteiger partial charge < -0.3 is 44.4 Å². The minimum atomic E-state index is -1.05. The summed E-state index contributed by atoms with van der Waals surface area (Å²) in [5.74, 6) is -1.87. The second kappa shape index (κ2) is 18.4. The van der Waals surface area contributed by atoms with Crippen molar-refractivity contribution in [2.24, 2.45) is 0 Å². The highest BCUT2D eigenvalue weighted by Gasteiger charge is 2.44. The fraction of sp³-hybridized carbons (Fsp3) is 0.500. The molecule has 4 N–H and O–H groups in total. The Hall–Kier alpha value is -4.44. The van der Waals surface area contributed by atoms with Gasteiger partial charge in [0.1, 0.15) is 45.8 Å². The van der Waals surface area contributed by atoms with Crippen LogP contribution in [0.5, 0.6) is 0 Å². The van der Waals surface area contributed by atoms with Crippen LogP contribution in [-0.2, 0) is 46.2 Å². The molecule has 4 aromatic rings. The first kappa shape index (κ1) is 43.7. The number of benzene rings is 2. The highest BCUT2D eigenvalue weighted by atomic mass is 35.5. The van der Waals surface area contributed by atoms with Crippen LogP contribution in [-0.4, -0.2) is 101 Å². The van der Waals surface area contributed by atoms with Gasteiger partial charge >= 0.3 is 18.0 Å². The monoisotopic (exact) mass is 835 g/mol. The number of carbonyl (C=O) groups excluding carboxylic acids is 4. The van der Waals surface area contributed by atoms with E-state index < -0.39 is 53.7 Å². The summed E-state index contributed by atoms with van der Waals surface area (Å²) < 4.78 is 48.6. The Kier molecular flexibility index (Phi) is 14.1. The van der Waals surface area contributed by atoms with Gasteiger partial charge in [0.2, 0.25) is 5.91 Å². The molecule has 2 aromatic carbocycles. The van der Waals surface area contributed by atoms with Crippen LogP contribution in [0.25, 0.3) is 21.8 Å². The molecule has 2 saturated heterocycles. The summed E-state index contributed by atoms with van der Waals surface area (Å²) >= 11 is 12.7. The number of nitrogens with one attached hydrogen (secondary N) is 4. The number of fused-ring (bicyclic) bond motifs is 2. The number of ether oxygens (including phenoxy) is 4. The van der Waals surface area contributed by atoms with Gasteiger partial charge in [-0.3, -0.25) is 14.4 Å². The van der Waals surface area contributed by atoms with Crippen LogP contribution in [0.4, 0.5) is 13.6 Å². The Morgan fingerprint density at radius 1 is 0.877 bits per heavy atom. The molecule has 0 unspecified atom stereocenters. The van der Waals surface area contributed by atoms with Gasteiger partial charge in [0, 0.05) is 68.2 Å². The van der Waals surface area contributed by atoms with E-state index in [4.69, 9.17) is 42.1 Å². The lowest BCUT2D eigenvalue weighted by Crippen LogP contribution is -2.57. The van der Waals surface area contributed by atoms with E-state index in [9.17, 15) is 28.0 Å². The zero-order valence-corrected chi connectivity index (χ0v) is 34.4.